The van der Waals surface area contributed by atoms with Gasteiger partial charge in [0.1, 0.15) is 5.82 Å². The van der Waals surface area contributed by atoms with Crippen molar-refractivity contribution in [2.24, 2.45) is 0 Å². The van der Waals surface area contributed by atoms with Crippen LogP contribution in [0.3, 0.4) is 0 Å². The zero-order valence-corrected chi connectivity index (χ0v) is 11.4. The molecule has 2 aromatic rings. The third-order valence-corrected chi connectivity index (χ3v) is 3.29. The van der Waals surface area contributed by atoms with E-state index in [0.29, 0.717) is 24.9 Å². The number of nitrogens with one attached hydrogen (secondary N) is 1. The number of rotatable bonds is 6. The predicted molar refractivity (Wildman–Crippen MR) is 74.5 cm³/mol. The van der Waals surface area contributed by atoms with Crippen LogP contribution in [0.4, 0.5) is 4.39 Å². The van der Waals surface area contributed by atoms with Gasteiger partial charge in [-0.05, 0) is 36.6 Å². The number of aromatic nitrogens is 1. The van der Waals surface area contributed by atoms with Crippen LogP contribution in [0.1, 0.15) is 17.5 Å². The van der Waals surface area contributed by atoms with Gasteiger partial charge in [-0.25, -0.2) is 9.87 Å². The highest BCUT2D eigenvalue weighted by molar-refractivity contribution is 5.74. The third-order valence-electron chi connectivity index (χ3n) is 3.29. The first-order valence-electron chi connectivity index (χ1n) is 6.64. The fourth-order valence-corrected chi connectivity index (χ4v) is 2.13. The van der Waals surface area contributed by atoms with Crippen molar-refractivity contribution in [1.82, 2.24) is 10.0 Å². The summed E-state index contributed by atoms with van der Waals surface area (Å²) in [5.74, 6) is -0.681. The van der Waals surface area contributed by atoms with Gasteiger partial charge in [-0.2, -0.15) is 0 Å². The minimum Gasteiger partial charge on any atom is -0.494 e. The van der Waals surface area contributed by atoms with Gasteiger partial charge in [0.05, 0.1) is 0 Å². The van der Waals surface area contributed by atoms with E-state index >= 15 is 0 Å². The van der Waals surface area contributed by atoms with Crippen LogP contribution in [0.15, 0.2) is 36.5 Å². The molecule has 1 aromatic carbocycles. The normalized spacial score (nSPS) is 10.6. The summed E-state index contributed by atoms with van der Waals surface area (Å²) in [5.41, 5.74) is 3.04. The van der Waals surface area contributed by atoms with Crippen molar-refractivity contribution in [3.8, 4) is 5.88 Å². The van der Waals surface area contributed by atoms with E-state index in [9.17, 15) is 14.3 Å². The summed E-state index contributed by atoms with van der Waals surface area (Å²) >= 11 is 0. The maximum absolute atomic E-state index is 13.1. The molecule has 0 aliphatic rings. The van der Waals surface area contributed by atoms with Crippen LogP contribution in [0.2, 0.25) is 0 Å². The summed E-state index contributed by atoms with van der Waals surface area (Å²) in [7, 11) is 0. The molecule has 21 heavy (non-hydrogen) atoms. The van der Waals surface area contributed by atoms with Crippen molar-refractivity contribution in [2.75, 3.05) is 0 Å². The van der Waals surface area contributed by atoms with Crippen LogP contribution in [0, 0.1) is 5.82 Å². The molecule has 3 N–H and O–H groups in total. The average molecular weight is 292 g/mol. The Balaban J connectivity index is 1.95. The fraction of sp³-hybridized carbons (Fsp3) is 0.267. The van der Waals surface area contributed by atoms with E-state index in [-0.39, 0.29) is 18.1 Å². The van der Waals surface area contributed by atoms with E-state index in [1.807, 2.05) is 6.07 Å². The molecule has 112 valence electrons. The van der Waals surface area contributed by atoms with Gasteiger partial charge in [-0.15, -0.1) is 0 Å². The summed E-state index contributed by atoms with van der Waals surface area (Å²) in [4.78, 5) is 11.0. The zero-order valence-electron chi connectivity index (χ0n) is 11.4. The van der Waals surface area contributed by atoms with Gasteiger partial charge in [0.25, 0.3) is 0 Å². The lowest BCUT2D eigenvalue weighted by molar-refractivity contribution is -0.129. The molecule has 0 spiro atoms. The van der Waals surface area contributed by atoms with Crippen molar-refractivity contribution in [3.05, 3.63) is 53.5 Å². The highest BCUT2D eigenvalue weighted by Gasteiger charge is 2.09. The second-order valence-electron chi connectivity index (χ2n) is 4.77. The second-order valence-corrected chi connectivity index (χ2v) is 4.77. The number of carbonyl (C=O) groups excluding carboxylic acids is 1. The Morgan fingerprint density at radius 1 is 1.29 bits per heavy atom. The number of nitrogens with zero attached hydrogens (tertiary/aromatic N) is 1. The summed E-state index contributed by atoms with van der Waals surface area (Å²) in [6, 6.07) is 8.06. The molecule has 0 bridgehead atoms. The van der Waals surface area contributed by atoms with E-state index in [1.165, 1.54) is 12.1 Å². The molecule has 0 unspecified atom stereocenters. The van der Waals surface area contributed by atoms with Crippen molar-refractivity contribution in [2.45, 2.75) is 25.8 Å². The molecule has 5 nitrogen and oxygen atoms in total. The lowest BCUT2D eigenvalue weighted by Crippen LogP contribution is -2.18. The largest absolute Gasteiger partial charge is 0.494 e. The SMILES string of the molecule is O=C(CCc1ccn(CCc2cccc(F)c2)c1O)NO. The van der Waals surface area contributed by atoms with Crippen molar-refractivity contribution in [3.63, 3.8) is 0 Å². The molecule has 1 aromatic heterocycles. The predicted octanol–water partition coefficient (Wildman–Crippen LogP) is 2.01. The average Bonchev–Trinajstić information content (AvgIpc) is 2.83. The maximum atomic E-state index is 13.1. The smallest absolute Gasteiger partial charge is 0.243 e. The minimum atomic E-state index is -0.498. The van der Waals surface area contributed by atoms with Gasteiger partial charge < -0.3 is 9.67 Å². The standard InChI is InChI=1S/C15H17FN2O3/c16-13-3-1-2-11(10-13)6-8-18-9-7-12(15(18)20)4-5-14(19)17-21/h1-3,7,9-10,20-21H,4-6,8H2,(H,17,19). The molecule has 0 saturated carbocycles. The molecule has 0 aliphatic carbocycles. The molecule has 0 radical (unpaired) electrons. The van der Waals surface area contributed by atoms with Gasteiger partial charge in [0.15, 0.2) is 5.88 Å². The lowest BCUT2D eigenvalue weighted by Gasteiger charge is -2.06. The third kappa shape index (κ3) is 4.06. The van der Waals surface area contributed by atoms with Gasteiger partial charge in [0.2, 0.25) is 5.91 Å². The first-order valence-corrected chi connectivity index (χ1v) is 6.64. The number of carbonyl (C=O) groups is 1. The molecule has 2 rings (SSSR count). The van der Waals surface area contributed by atoms with Crippen LogP contribution in [-0.4, -0.2) is 20.8 Å². The number of benzene rings is 1. The lowest BCUT2D eigenvalue weighted by atomic mass is 10.1. The Hall–Kier alpha value is -2.34. The quantitative estimate of drug-likeness (QED) is 0.563. The van der Waals surface area contributed by atoms with Crippen molar-refractivity contribution < 1.29 is 19.5 Å². The first-order chi connectivity index (χ1) is 10.1. The summed E-state index contributed by atoms with van der Waals surface area (Å²) < 4.78 is 14.7. The molecule has 6 heteroatoms. The number of aryl methyl sites for hydroxylation is 3. The molecular weight excluding hydrogens is 275 g/mol. The summed E-state index contributed by atoms with van der Waals surface area (Å²) in [5, 5.41) is 18.5. The van der Waals surface area contributed by atoms with E-state index in [0.717, 1.165) is 5.56 Å². The van der Waals surface area contributed by atoms with Crippen LogP contribution in [-0.2, 0) is 24.2 Å². The fourth-order valence-electron chi connectivity index (χ4n) is 2.13. The number of hydroxylamine groups is 1. The van der Waals surface area contributed by atoms with Gasteiger partial charge in [0, 0.05) is 24.7 Å². The second kappa shape index (κ2) is 6.90. The number of amides is 1. The van der Waals surface area contributed by atoms with E-state index < -0.39 is 5.91 Å². The van der Waals surface area contributed by atoms with Crippen LogP contribution >= 0.6 is 0 Å². The Labute approximate surface area is 121 Å². The Kier molecular flexibility index (Phi) is 4.94. The van der Waals surface area contributed by atoms with Gasteiger partial charge >= 0.3 is 0 Å². The number of hydrogen-bond donors (Lipinski definition) is 3. The molecular formula is C15H17FN2O3. The monoisotopic (exact) mass is 292 g/mol. The summed E-state index contributed by atoms with van der Waals surface area (Å²) in [6.07, 6.45) is 2.75. The molecule has 1 heterocycles. The maximum Gasteiger partial charge on any atom is 0.243 e. The molecule has 1 amide bonds. The topological polar surface area (TPSA) is 74.5 Å². The molecule has 0 fully saturated rings. The minimum absolute atomic E-state index is 0.0946. The van der Waals surface area contributed by atoms with Crippen molar-refractivity contribution >= 4 is 5.91 Å². The van der Waals surface area contributed by atoms with Gasteiger partial charge in [-0.1, -0.05) is 12.1 Å². The Morgan fingerprint density at radius 3 is 2.81 bits per heavy atom. The first kappa shape index (κ1) is 15.1. The molecule has 0 atom stereocenters. The highest BCUT2D eigenvalue weighted by atomic mass is 19.1. The number of aromatic hydroxyl groups is 1. The van der Waals surface area contributed by atoms with Crippen LogP contribution < -0.4 is 5.48 Å². The van der Waals surface area contributed by atoms with Crippen LogP contribution in [0.5, 0.6) is 5.88 Å². The zero-order chi connectivity index (χ0) is 15.2. The summed E-state index contributed by atoms with van der Waals surface area (Å²) in [6.45, 7) is 0.515. The van der Waals surface area contributed by atoms with Crippen molar-refractivity contribution in [1.29, 1.82) is 0 Å². The van der Waals surface area contributed by atoms with E-state index in [2.05, 4.69) is 0 Å². The van der Waals surface area contributed by atoms with E-state index in [1.54, 1.807) is 28.4 Å². The number of hydrogen-bond acceptors (Lipinski definition) is 3. The Bertz CT molecular complexity index is 625. The highest BCUT2D eigenvalue weighted by Crippen LogP contribution is 2.21. The Morgan fingerprint density at radius 2 is 2.10 bits per heavy atom. The van der Waals surface area contributed by atoms with E-state index in [4.69, 9.17) is 5.21 Å². The molecule has 0 saturated heterocycles. The number of halogens is 1. The van der Waals surface area contributed by atoms with Gasteiger partial charge in [-0.3, -0.25) is 10.0 Å². The van der Waals surface area contributed by atoms with Crippen LogP contribution in [0.25, 0.3) is 0 Å². The molecule has 0 aliphatic heterocycles.